The van der Waals surface area contributed by atoms with E-state index in [1.807, 2.05) is 30.7 Å². The molecular weight excluding hydrogens is 390 g/mol. The molecule has 3 aromatic heterocycles. The van der Waals surface area contributed by atoms with Crippen LogP contribution in [0.2, 0.25) is 0 Å². The van der Waals surface area contributed by atoms with E-state index in [4.69, 9.17) is 12.2 Å². The van der Waals surface area contributed by atoms with Crippen LogP contribution in [0.4, 0.5) is 0 Å². The first kappa shape index (κ1) is 20.5. The molecule has 0 unspecified atom stereocenters. The average molecular weight is 420 g/mol. The number of thiocarbonyl (C=S) groups is 1. The van der Waals surface area contributed by atoms with Crippen molar-refractivity contribution in [2.75, 3.05) is 6.54 Å². The summed E-state index contributed by atoms with van der Waals surface area (Å²) in [5.74, 6) is 0.509. The van der Waals surface area contributed by atoms with Crippen LogP contribution in [0.3, 0.4) is 0 Å². The van der Waals surface area contributed by atoms with E-state index in [0.717, 1.165) is 23.9 Å². The number of hydrogen-bond acceptors (Lipinski definition) is 3. The first-order valence-corrected chi connectivity index (χ1v) is 10.9. The zero-order valence-corrected chi connectivity index (χ0v) is 18.9. The van der Waals surface area contributed by atoms with E-state index in [1.54, 1.807) is 0 Å². The number of hydrogen-bond donors (Lipinski definition) is 1. The molecule has 0 radical (unpaired) electrons. The van der Waals surface area contributed by atoms with Gasteiger partial charge in [-0.25, -0.2) is 0 Å². The third-order valence-electron chi connectivity index (χ3n) is 5.78. The lowest BCUT2D eigenvalue weighted by atomic mass is 9.96. The average Bonchev–Trinajstić information content (AvgIpc) is 3.20. The zero-order chi connectivity index (χ0) is 21.3. The van der Waals surface area contributed by atoms with Crippen molar-refractivity contribution in [3.63, 3.8) is 0 Å². The second kappa shape index (κ2) is 8.56. The molecule has 0 spiro atoms. The van der Waals surface area contributed by atoms with Crippen molar-refractivity contribution in [3.8, 4) is 0 Å². The summed E-state index contributed by atoms with van der Waals surface area (Å²) in [7, 11) is 0. The fourth-order valence-electron chi connectivity index (χ4n) is 4.38. The van der Waals surface area contributed by atoms with Crippen molar-refractivity contribution >= 4 is 17.3 Å². The van der Waals surface area contributed by atoms with Gasteiger partial charge in [-0.2, -0.15) is 0 Å². The van der Waals surface area contributed by atoms with Gasteiger partial charge in [0, 0.05) is 43.1 Å². The number of nitrogens with zero attached hydrogens (tertiary/aromatic N) is 4. The number of aryl methyl sites for hydroxylation is 1. The topological polar surface area (TPSA) is 46.0 Å². The van der Waals surface area contributed by atoms with E-state index in [0.29, 0.717) is 5.92 Å². The molecule has 0 amide bonds. The van der Waals surface area contributed by atoms with Gasteiger partial charge in [-0.05, 0) is 73.4 Å². The molecule has 0 aromatic carbocycles. The maximum atomic E-state index is 5.77. The summed E-state index contributed by atoms with van der Waals surface area (Å²) in [6.07, 6.45) is 5.56. The van der Waals surface area contributed by atoms with Crippen LogP contribution in [0.1, 0.15) is 54.1 Å². The Bertz CT molecular complexity index is 1010. The van der Waals surface area contributed by atoms with Gasteiger partial charge in [-0.3, -0.25) is 9.97 Å². The molecule has 30 heavy (non-hydrogen) atoms. The van der Waals surface area contributed by atoms with Crippen molar-refractivity contribution in [1.82, 2.24) is 24.8 Å². The van der Waals surface area contributed by atoms with Crippen molar-refractivity contribution in [2.24, 2.45) is 5.92 Å². The van der Waals surface area contributed by atoms with Gasteiger partial charge in [0.25, 0.3) is 0 Å². The first-order valence-electron chi connectivity index (χ1n) is 10.5. The lowest BCUT2D eigenvalue weighted by Gasteiger charge is -2.29. The molecule has 4 heterocycles. The van der Waals surface area contributed by atoms with Crippen molar-refractivity contribution in [1.29, 1.82) is 0 Å². The Hall–Kier alpha value is -2.73. The van der Waals surface area contributed by atoms with Gasteiger partial charge in [-0.1, -0.05) is 19.9 Å². The van der Waals surface area contributed by atoms with Gasteiger partial charge in [0.05, 0.1) is 17.8 Å². The van der Waals surface area contributed by atoms with Crippen molar-refractivity contribution in [2.45, 2.75) is 46.3 Å². The summed E-state index contributed by atoms with van der Waals surface area (Å²) < 4.78 is 2.38. The van der Waals surface area contributed by atoms with Crippen molar-refractivity contribution < 1.29 is 0 Å². The fraction of sp³-hybridized carbons (Fsp3) is 0.375. The highest BCUT2D eigenvalue weighted by atomic mass is 32.1. The van der Waals surface area contributed by atoms with E-state index in [9.17, 15) is 0 Å². The first-order chi connectivity index (χ1) is 14.5. The highest BCUT2D eigenvalue weighted by Gasteiger charge is 2.41. The molecule has 0 aliphatic carbocycles. The monoisotopic (exact) mass is 419 g/mol. The molecular formula is C24H29N5S. The van der Waals surface area contributed by atoms with Crippen LogP contribution in [0, 0.1) is 19.8 Å². The number of rotatable bonds is 6. The minimum absolute atomic E-state index is 0.0346. The predicted octanol–water partition coefficient (Wildman–Crippen LogP) is 4.57. The molecule has 1 aliphatic heterocycles. The lowest BCUT2D eigenvalue weighted by molar-refractivity contribution is 0.286. The third-order valence-corrected chi connectivity index (χ3v) is 6.13. The Balaban J connectivity index is 1.76. The summed E-state index contributed by atoms with van der Waals surface area (Å²) >= 11 is 5.77. The number of aromatic nitrogens is 3. The fourth-order valence-corrected chi connectivity index (χ4v) is 4.69. The third kappa shape index (κ3) is 3.97. The van der Waals surface area contributed by atoms with Crippen LogP contribution in [-0.4, -0.2) is 31.1 Å². The van der Waals surface area contributed by atoms with Crippen LogP contribution >= 0.6 is 12.2 Å². The standard InChI is InChI=1S/C24H29N5S/c1-16(2)14-29-23(22(27-24(29)30)21-7-5-6-10-26-21)20-13-17(3)28(18(20)4)15-19-8-11-25-12-9-19/h5-13,16,22-23H,14-15H2,1-4H3,(H,27,30)/t22-,23+/m1/s1. The van der Waals surface area contributed by atoms with Crippen LogP contribution in [0.15, 0.2) is 55.0 Å². The molecule has 2 atom stereocenters. The van der Waals surface area contributed by atoms with Gasteiger partial charge in [0.15, 0.2) is 5.11 Å². The molecule has 156 valence electrons. The summed E-state index contributed by atoms with van der Waals surface area (Å²) in [6, 6.07) is 12.7. The summed E-state index contributed by atoms with van der Waals surface area (Å²) in [6.45, 7) is 10.6. The molecule has 5 nitrogen and oxygen atoms in total. The molecule has 1 fully saturated rings. The highest BCUT2D eigenvalue weighted by molar-refractivity contribution is 7.80. The predicted molar refractivity (Wildman–Crippen MR) is 124 cm³/mol. The Kier molecular flexibility index (Phi) is 5.86. The lowest BCUT2D eigenvalue weighted by Crippen LogP contribution is -2.33. The van der Waals surface area contributed by atoms with E-state index >= 15 is 0 Å². The van der Waals surface area contributed by atoms with Gasteiger partial charge in [0.2, 0.25) is 0 Å². The normalized spacial score (nSPS) is 18.8. The summed E-state index contributed by atoms with van der Waals surface area (Å²) in [5.41, 5.74) is 6.11. The van der Waals surface area contributed by atoms with Crippen LogP contribution < -0.4 is 5.32 Å². The van der Waals surface area contributed by atoms with E-state index in [-0.39, 0.29) is 12.1 Å². The van der Waals surface area contributed by atoms with E-state index < -0.39 is 0 Å². The summed E-state index contributed by atoms with van der Waals surface area (Å²) in [5, 5.41) is 4.37. The van der Waals surface area contributed by atoms with Gasteiger partial charge >= 0.3 is 0 Å². The van der Waals surface area contributed by atoms with Crippen LogP contribution in [-0.2, 0) is 6.54 Å². The van der Waals surface area contributed by atoms with Gasteiger partial charge in [0.1, 0.15) is 0 Å². The number of nitrogens with one attached hydrogen (secondary N) is 1. The van der Waals surface area contributed by atoms with Gasteiger partial charge in [-0.15, -0.1) is 0 Å². The van der Waals surface area contributed by atoms with E-state index in [1.165, 1.54) is 22.5 Å². The second-order valence-corrected chi connectivity index (χ2v) is 8.83. The summed E-state index contributed by atoms with van der Waals surface area (Å²) in [4.78, 5) is 11.1. The maximum absolute atomic E-state index is 5.77. The Labute approximate surface area is 184 Å². The van der Waals surface area contributed by atoms with E-state index in [2.05, 4.69) is 76.7 Å². The molecule has 1 aliphatic rings. The molecule has 1 saturated heterocycles. The maximum Gasteiger partial charge on any atom is 0.170 e. The largest absolute Gasteiger partial charge is 0.352 e. The number of pyridine rings is 2. The van der Waals surface area contributed by atoms with Crippen molar-refractivity contribution in [3.05, 3.63) is 83.2 Å². The zero-order valence-electron chi connectivity index (χ0n) is 18.0. The molecule has 4 rings (SSSR count). The Morgan fingerprint density at radius 2 is 1.87 bits per heavy atom. The molecule has 0 bridgehead atoms. The van der Waals surface area contributed by atoms with Gasteiger partial charge < -0.3 is 14.8 Å². The molecule has 1 N–H and O–H groups in total. The molecule has 3 aromatic rings. The Morgan fingerprint density at radius 1 is 1.10 bits per heavy atom. The minimum Gasteiger partial charge on any atom is -0.352 e. The smallest absolute Gasteiger partial charge is 0.170 e. The quantitative estimate of drug-likeness (QED) is 0.593. The molecule has 6 heteroatoms. The highest BCUT2D eigenvalue weighted by Crippen LogP contribution is 2.41. The van der Waals surface area contributed by atoms with Crippen LogP contribution in [0.5, 0.6) is 0 Å². The second-order valence-electron chi connectivity index (χ2n) is 8.44. The minimum atomic E-state index is 0.0346. The molecule has 0 saturated carbocycles. The Morgan fingerprint density at radius 3 is 2.53 bits per heavy atom. The SMILES string of the molecule is Cc1cc([C@H]2[C@@H](c3ccccn3)NC(=S)N2CC(C)C)c(C)n1Cc1ccncc1. The van der Waals surface area contributed by atoms with Crippen LogP contribution in [0.25, 0.3) is 0 Å².